The predicted molar refractivity (Wildman–Crippen MR) is 148 cm³/mol. The molecule has 6 heteroatoms. The number of nitrogens with one attached hydrogen (secondary N) is 1. The molecule has 5 nitrogen and oxygen atoms in total. The lowest BCUT2D eigenvalue weighted by Crippen LogP contribution is -2.55. The molecule has 196 valence electrons. The van der Waals surface area contributed by atoms with Crippen molar-refractivity contribution >= 4 is 20.8 Å². The first-order valence-electron chi connectivity index (χ1n) is 14.1. The number of benzene rings is 2. The predicted octanol–water partition coefficient (Wildman–Crippen LogP) is 5.33. The largest absolute Gasteiger partial charge is 0.359 e. The number of hydrogen-bond acceptors (Lipinski definition) is 4. The lowest BCUT2D eigenvalue weighted by Gasteiger charge is -2.54. The summed E-state index contributed by atoms with van der Waals surface area (Å²) >= 11 is 0. The first-order valence-corrected chi connectivity index (χ1v) is 15.8. The van der Waals surface area contributed by atoms with Crippen molar-refractivity contribution in [2.45, 2.75) is 81.5 Å². The molecule has 5 aliphatic rings. The Morgan fingerprint density at radius 1 is 1.08 bits per heavy atom. The lowest BCUT2D eigenvalue weighted by atomic mass is 9.58. The van der Waals surface area contributed by atoms with Gasteiger partial charge in [0.2, 0.25) is 10.0 Å². The van der Waals surface area contributed by atoms with Crippen molar-refractivity contribution in [3.8, 4) is 0 Å². The van der Waals surface area contributed by atoms with Gasteiger partial charge in [-0.3, -0.25) is 0 Å². The molecular weight excluding hydrogens is 480 g/mol. The minimum absolute atomic E-state index is 0.0204. The van der Waals surface area contributed by atoms with E-state index in [1.807, 2.05) is 0 Å². The summed E-state index contributed by atoms with van der Waals surface area (Å²) < 4.78 is 30.2. The standard InChI is InChI=1S/C31H38N2O3S/c1-29-13-12-25-19-24-8-9-26(33-16-17-37(32,34)35)20-30(24)14-15-31(25,36-30)28(29)11-10-27(29)23-7-6-21-4-2-3-5-22(21)18-23/h2-7,12,18-19,26-28,33H,8-11,13-17,20H2,1H3,(H2,32,34,35)/t26-,27-,28-,29-,30-,31-/m1/s1. The quantitative estimate of drug-likeness (QED) is 0.561. The minimum Gasteiger partial charge on any atom is -0.359 e. The van der Waals surface area contributed by atoms with E-state index in [1.54, 1.807) is 0 Å². The highest BCUT2D eigenvalue weighted by molar-refractivity contribution is 7.89. The Kier molecular flexibility index (Phi) is 5.37. The average Bonchev–Trinajstić information content (AvgIpc) is 3.38. The second-order valence-corrected chi connectivity index (χ2v) is 14.3. The SMILES string of the molecule is C[C@]12CC=C3C=C4CC[C@@H](NCCS(N)(=O)=O)C[C@]45CC[C@]3(O5)[C@@H]1CC[C@@H]2c1ccc2ccccc2c1. The van der Waals surface area contributed by atoms with Gasteiger partial charge in [0.15, 0.2) is 0 Å². The monoisotopic (exact) mass is 518 g/mol. The van der Waals surface area contributed by atoms with Crippen LogP contribution < -0.4 is 10.5 Å². The van der Waals surface area contributed by atoms with Crippen LogP contribution in [0.3, 0.4) is 0 Å². The molecule has 2 bridgehead atoms. The van der Waals surface area contributed by atoms with E-state index in [1.165, 1.54) is 40.3 Å². The normalized spacial score (nSPS) is 38.5. The summed E-state index contributed by atoms with van der Waals surface area (Å²) in [4.78, 5) is 0. The van der Waals surface area contributed by atoms with Crippen LogP contribution in [-0.4, -0.2) is 38.0 Å². The number of hydrogen-bond donors (Lipinski definition) is 2. The maximum Gasteiger partial charge on any atom is 0.210 e. The lowest BCUT2D eigenvalue weighted by molar-refractivity contribution is -0.136. The maximum absolute atomic E-state index is 11.4. The highest BCUT2D eigenvalue weighted by atomic mass is 32.2. The van der Waals surface area contributed by atoms with Crippen LogP contribution in [0.1, 0.15) is 69.8 Å². The fraction of sp³-hybridized carbons (Fsp3) is 0.548. The van der Waals surface area contributed by atoms with Gasteiger partial charge in [-0.15, -0.1) is 0 Å². The number of sulfonamides is 1. The van der Waals surface area contributed by atoms with Crippen molar-refractivity contribution in [2.24, 2.45) is 16.5 Å². The van der Waals surface area contributed by atoms with Crippen molar-refractivity contribution in [3.63, 3.8) is 0 Å². The summed E-state index contributed by atoms with van der Waals surface area (Å²) in [5.74, 6) is 1.04. The van der Waals surface area contributed by atoms with Gasteiger partial charge in [0.05, 0.1) is 17.0 Å². The first kappa shape index (κ1) is 24.1. The first-order chi connectivity index (χ1) is 17.7. The van der Waals surface area contributed by atoms with Gasteiger partial charge >= 0.3 is 0 Å². The summed E-state index contributed by atoms with van der Waals surface area (Å²) in [5, 5.41) is 11.3. The van der Waals surface area contributed by atoms with Gasteiger partial charge in [-0.2, -0.15) is 0 Å². The Labute approximate surface area is 220 Å². The molecule has 2 saturated carbocycles. The summed E-state index contributed by atoms with van der Waals surface area (Å²) in [7, 11) is -3.45. The van der Waals surface area contributed by atoms with E-state index < -0.39 is 10.0 Å². The van der Waals surface area contributed by atoms with Crippen molar-refractivity contribution in [1.82, 2.24) is 5.32 Å². The molecule has 0 amide bonds. The molecular formula is C31H38N2O3S. The number of nitrogens with two attached hydrogens (primary N) is 1. The zero-order valence-electron chi connectivity index (χ0n) is 21.7. The molecule has 2 heterocycles. The Morgan fingerprint density at radius 3 is 2.76 bits per heavy atom. The van der Waals surface area contributed by atoms with E-state index >= 15 is 0 Å². The fourth-order valence-electron chi connectivity index (χ4n) is 8.96. The van der Waals surface area contributed by atoms with Crippen molar-refractivity contribution in [3.05, 3.63) is 71.3 Å². The third-order valence-corrected chi connectivity index (χ3v) is 11.4. The summed E-state index contributed by atoms with van der Waals surface area (Å²) in [6.07, 6.45) is 13.7. The molecule has 6 atom stereocenters. The zero-order valence-corrected chi connectivity index (χ0v) is 22.5. The smallest absolute Gasteiger partial charge is 0.210 e. The third kappa shape index (κ3) is 3.70. The van der Waals surface area contributed by atoms with Gasteiger partial charge in [0.25, 0.3) is 0 Å². The second kappa shape index (κ2) is 8.25. The zero-order chi connectivity index (χ0) is 25.5. The number of allylic oxidation sites excluding steroid dienone is 1. The van der Waals surface area contributed by atoms with E-state index in [9.17, 15) is 8.42 Å². The minimum atomic E-state index is -3.45. The highest BCUT2D eigenvalue weighted by Gasteiger charge is 2.66. The highest BCUT2D eigenvalue weighted by Crippen LogP contribution is 2.69. The van der Waals surface area contributed by atoms with Crippen LogP contribution in [0.4, 0.5) is 0 Å². The van der Waals surface area contributed by atoms with Gasteiger partial charge in [0.1, 0.15) is 0 Å². The van der Waals surface area contributed by atoms with Gasteiger partial charge in [-0.25, -0.2) is 13.6 Å². The summed E-state index contributed by atoms with van der Waals surface area (Å²) in [5.41, 5.74) is 4.19. The summed E-state index contributed by atoms with van der Waals surface area (Å²) in [6, 6.07) is 16.1. The molecule has 7 rings (SSSR count). The second-order valence-electron chi connectivity index (χ2n) is 12.6. The molecule has 1 saturated heterocycles. The molecule has 2 spiro atoms. The van der Waals surface area contributed by atoms with Crippen LogP contribution >= 0.6 is 0 Å². The van der Waals surface area contributed by atoms with Crippen molar-refractivity contribution < 1.29 is 13.2 Å². The number of ether oxygens (including phenoxy) is 1. The Bertz CT molecular complexity index is 1430. The maximum atomic E-state index is 11.4. The fourth-order valence-corrected chi connectivity index (χ4v) is 9.36. The van der Waals surface area contributed by atoms with Crippen LogP contribution in [0, 0.1) is 11.3 Å². The molecule has 3 fully saturated rings. The van der Waals surface area contributed by atoms with Crippen LogP contribution in [0.2, 0.25) is 0 Å². The molecule has 2 aromatic rings. The van der Waals surface area contributed by atoms with E-state index in [2.05, 4.69) is 66.9 Å². The average molecular weight is 519 g/mol. The molecule has 37 heavy (non-hydrogen) atoms. The molecule has 0 radical (unpaired) electrons. The van der Waals surface area contributed by atoms with E-state index in [4.69, 9.17) is 9.88 Å². The van der Waals surface area contributed by atoms with Crippen molar-refractivity contribution in [1.29, 1.82) is 0 Å². The molecule has 2 aromatic carbocycles. The topological polar surface area (TPSA) is 81.4 Å². The van der Waals surface area contributed by atoms with Crippen molar-refractivity contribution in [2.75, 3.05) is 12.3 Å². The number of fused-ring (bicyclic) bond motifs is 2. The molecule has 3 N–H and O–H groups in total. The summed E-state index contributed by atoms with van der Waals surface area (Å²) in [6.45, 7) is 2.93. The molecule has 3 aliphatic carbocycles. The Morgan fingerprint density at radius 2 is 1.92 bits per heavy atom. The van der Waals surface area contributed by atoms with Gasteiger partial charge in [-0.05, 0) is 96.1 Å². The van der Waals surface area contributed by atoms with Gasteiger partial charge in [0, 0.05) is 12.6 Å². The molecule has 2 aliphatic heterocycles. The van der Waals surface area contributed by atoms with E-state index in [0.29, 0.717) is 18.4 Å². The van der Waals surface area contributed by atoms with Crippen LogP contribution in [0.5, 0.6) is 0 Å². The van der Waals surface area contributed by atoms with E-state index in [0.717, 1.165) is 38.5 Å². The molecule has 0 aromatic heterocycles. The molecule has 0 unspecified atom stereocenters. The Balaban J connectivity index is 1.17. The number of primary sulfonamides is 1. The van der Waals surface area contributed by atoms with E-state index in [-0.39, 0.29) is 28.4 Å². The van der Waals surface area contributed by atoms with Crippen LogP contribution in [-0.2, 0) is 14.8 Å². The third-order valence-electron chi connectivity index (χ3n) is 10.7. The number of rotatable bonds is 5. The van der Waals surface area contributed by atoms with Gasteiger partial charge < -0.3 is 10.1 Å². The van der Waals surface area contributed by atoms with Crippen LogP contribution in [0.15, 0.2) is 65.8 Å². The van der Waals surface area contributed by atoms with Crippen LogP contribution in [0.25, 0.3) is 10.8 Å². The van der Waals surface area contributed by atoms with Gasteiger partial charge in [-0.1, -0.05) is 61.5 Å². The Hall–Kier alpha value is -1.99.